The Hall–Kier alpha value is -4.12. The van der Waals surface area contributed by atoms with Gasteiger partial charge in [0.1, 0.15) is 12.1 Å². The first-order valence-corrected chi connectivity index (χ1v) is 15.3. The smallest absolute Gasteiger partial charge is 0.419 e. The van der Waals surface area contributed by atoms with E-state index in [-0.39, 0.29) is 36.5 Å². The second-order valence-corrected chi connectivity index (χ2v) is 12.9. The van der Waals surface area contributed by atoms with E-state index in [1.165, 1.54) is 4.90 Å². The molecular formula is C33H46N6O5. The van der Waals surface area contributed by atoms with Crippen LogP contribution in [0.25, 0.3) is 0 Å². The Labute approximate surface area is 260 Å². The van der Waals surface area contributed by atoms with Crippen molar-refractivity contribution in [3.63, 3.8) is 0 Å². The Morgan fingerprint density at radius 2 is 1.45 bits per heavy atom. The van der Waals surface area contributed by atoms with Gasteiger partial charge in [0.15, 0.2) is 0 Å². The number of nitrogens with zero attached hydrogens (tertiary/aromatic N) is 3. The van der Waals surface area contributed by atoms with Crippen molar-refractivity contribution < 1.29 is 23.9 Å². The van der Waals surface area contributed by atoms with Crippen LogP contribution in [0.1, 0.15) is 48.0 Å². The molecule has 2 fully saturated rings. The summed E-state index contributed by atoms with van der Waals surface area (Å²) >= 11 is 0. The van der Waals surface area contributed by atoms with E-state index in [4.69, 9.17) is 4.74 Å². The molecular weight excluding hydrogens is 560 g/mol. The molecule has 2 aliphatic heterocycles. The Kier molecular flexibility index (Phi) is 10.2. The van der Waals surface area contributed by atoms with Crippen LogP contribution in [-0.2, 0) is 14.3 Å². The Bertz CT molecular complexity index is 1280. The van der Waals surface area contributed by atoms with Gasteiger partial charge in [0.25, 0.3) is 0 Å². The highest BCUT2D eigenvalue weighted by Gasteiger charge is 2.55. The molecule has 0 spiro atoms. The minimum atomic E-state index is -0.829. The number of hydrogen-bond donors (Lipinski definition) is 3. The van der Waals surface area contributed by atoms with E-state index in [1.807, 2.05) is 95.3 Å². The lowest BCUT2D eigenvalue weighted by atomic mass is 9.85. The fraction of sp³-hybridized carbons (Fsp3) is 0.515. The topological polar surface area (TPSA) is 123 Å². The number of ether oxygens (including phenoxy) is 1. The van der Waals surface area contributed by atoms with Crippen molar-refractivity contribution in [2.45, 2.75) is 84.3 Å². The number of amides is 5. The molecule has 2 aromatic rings. The van der Waals surface area contributed by atoms with Crippen LogP contribution in [0.4, 0.5) is 21.0 Å². The average molecular weight is 607 g/mol. The molecule has 3 N–H and O–H groups in total. The minimum Gasteiger partial charge on any atom is -0.441 e. The van der Waals surface area contributed by atoms with Crippen LogP contribution in [0.15, 0.2) is 60.7 Å². The fourth-order valence-corrected chi connectivity index (χ4v) is 5.86. The van der Waals surface area contributed by atoms with E-state index in [1.54, 1.807) is 23.8 Å². The monoisotopic (exact) mass is 606 g/mol. The van der Waals surface area contributed by atoms with Gasteiger partial charge in [0.2, 0.25) is 11.8 Å². The molecule has 0 bridgehead atoms. The van der Waals surface area contributed by atoms with Crippen LogP contribution in [0.2, 0.25) is 0 Å². The van der Waals surface area contributed by atoms with Gasteiger partial charge < -0.3 is 30.5 Å². The summed E-state index contributed by atoms with van der Waals surface area (Å²) < 4.78 is 6.24. The largest absolute Gasteiger partial charge is 0.441 e. The zero-order valence-corrected chi connectivity index (χ0v) is 26.7. The first kappa shape index (κ1) is 32.8. The van der Waals surface area contributed by atoms with E-state index in [0.29, 0.717) is 24.3 Å². The number of carbonyl (C=O) groups excluding carboxylic acids is 4. The lowest BCUT2D eigenvalue weighted by Gasteiger charge is -2.37. The van der Waals surface area contributed by atoms with Crippen LogP contribution in [0, 0.1) is 5.41 Å². The van der Waals surface area contributed by atoms with E-state index in [2.05, 4.69) is 16.0 Å². The maximum absolute atomic E-state index is 14.3. The SMILES string of the molecule is CN[C@@H](C)C(=O)N[C@H](C(=O)N1CC[C@@H]2[C@H]1[C@@H](OC(=O)N(c1ccccc1)c1ccccc1)CN2C(=O)NC(C)C)C(C)(C)C. The highest BCUT2D eigenvalue weighted by atomic mass is 16.6. The first-order chi connectivity index (χ1) is 20.8. The summed E-state index contributed by atoms with van der Waals surface area (Å²) in [5, 5.41) is 8.81. The van der Waals surface area contributed by atoms with Crippen LogP contribution in [0.3, 0.4) is 0 Å². The molecule has 0 radical (unpaired) electrons. The molecule has 11 heteroatoms. The fourth-order valence-electron chi connectivity index (χ4n) is 5.86. The quantitative estimate of drug-likeness (QED) is 0.419. The van der Waals surface area contributed by atoms with Gasteiger partial charge in [-0.2, -0.15) is 0 Å². The molecule has 0 unspecified atom stereocenters. The zero-order valence-electron chi connectivity index (χ0n) is 26.7. The third kappa shape index (κ3) is 7.15. The summed E-state index contributed by atoms with van der Waals surface area (Å²) in [6.07, 6.45) is -0.881. The van der Waals surface area contributed by atoms with Crippen molar-refractivity contribution >= 4 is 35.3 Å². The number of rotatable bonds is 8. The van der Waals surface area contributed by atoms with Gasteiger partial charge in [-0.15, -0.1) is 0 Å². The van der Waals surface area contributed by atoms with Crippen molar-refractivity contribution in [2.75, 3.05) is 25.0 Å². The van der Waals surface area contributed by atoms with E-state index >= 15 is 0 Å². The standard InChI is InChI=1S/C33H46N6O5/c1-21(2)35-31(42)38-20-26(44-32(43)39(23-14-10-8-11-15-23)24-16-12-9-13-17-24)27-25(38)18-19-37(27)30(41)28(33(4,5)6)36-29(40)22(3)34-7/h8-17,21-22,25-28,34H,18-20H2,1-7H3,(H,35,42)(H,36,40)/t22-,25+,26-,27-,28+/m0/s1. The zero-order chi connectivity index (χ0) is 32.2. The highest BCUT2D eigenvalue weighted by Crippen LogP contribution is 2.37. The van der Waals surface area contributed by atoms with Crippen molar-refractivity contribution in [3.8, 4) is 0 Å². The minimum absolute atomic E-state index is 0.0945. The molecule has 5 amide bonds. The van der Waals surface area contributed by atoms with E-state index in [0.717, 1.165) is 0 Å². The summed E-state index contributed by atoms with van der Waals surface area (Å²) in [6, 6.07) is 15.8. The van der Waals surface area contributed by atoms with Crippen LogP contribution in [0.5, 0.6) is 0 Å². The number of nitrogens with one attached hydrogen (secondary N) is 3. The summed E-state index contributed by atoms with van der Waals surface area (Å²) in [6.45, 7) is 11.7. The molecule has 2 aliphatic rings. The molecule has 0 aromatic heterocycles. The van der Waals surface area contributed by atoms with Gasteiger partial charge in [-0.25, -0.2) is 14.5 Å². The number of benzene rings is 2. The molecule has 11 nitrogen and oxygen atoms in total. The molecule has 0 saturated carbocycles. The van der Waals surface area contributed by atoms with Gasteiger partial charge in [0.05, 0.1) is 36.0 Å². The number of likely N-dealkylation sites (N-methyl/N-ethyl adjacent to an activating group) is 1. The Balaban J connectivity index is 1.67. The van der Waals surface area contributed by atoms with Crippen molar-refractivity contribution in [1.82, 2.24) is 25.8 Å². The molecule has 2 aromatic carbocycles. The molecule has 2 saturated heterocycles. The summed E-state index contributed by atoms with van der Waals surface area (Å²) in [5.41, 5.74) is 0.650. The van der Waals surface area contributed by atoms with E-state index < -0.39 is 35.7 Å². The number of anilines is 2. The third-order valence-corrected chi connectivity index (χ3v) is 8.22. The number of hydrogen-bond acceptors (Lipinski definition) is 6. The second-order valence-electron chi connectivity index (χ2n) is 12.9. The number of fused-ring (bicyclic) bond motifs is 1. The normalized spacial score (nSPS) is 21.0. The third-order valence-electron chi connectivity index (χ3n) is 8.22. The lowest BCUT2D eigenvalue weighted by molar-refractivity contribution is -0.141. The van der Waals surface area contributed by atoms with Crippen molar-refractivity contribution in [1.29, 1.82) is 0 Å². The van der Waals surface area contributed by atoms with Crippen molar-refractivity contribution in [2.24, 2.45) is 5.41 Å². The second kappa shape index (κ2) is 13.7. The summed E-state index contributed by atoms with van der Waals surface area (Å²) in [5.74, 6) is -0.554. The van der Waals surface area contributed by atoms with Gasteiger partial charge in [-0.1, -0.05) is 57.2 Å². The molecule has 5 atom stereocenters. The number of para-hydroxylation sites is 2. The van der Waals surface area contributed by atoms with Gasteiger partial charge in [0, 0.05) is 12.6 Å². The predicted molar refractivity (Wildman–Crippen MR) is 169 cm³/mol. The summed E-state index contributed by atoms with van der Waals surface area (Å²) in [4.78, 5) is 59.3. The maximum Gasteiger partial charge on any atom is 0.419 e. The Morgan fingerprint density at radius 3 is 1.95 bits per heavy atom. The first-order valence-electron chi connectivity index (χ1n) is 15.3. The van der Waals surface area contributed by atoms with Crippen molar-refractivity contribution in [3.05, 3.63) is 60.7 Å². The predicted octanol–water partition coefficient (Wildman–Crippen LogP) is 3.87. The number of urea groups is 1. The average Bonchev–Trinajstić information content (AvgIpc) is 3.57. The molecule has 238 valence electrons. The molecule has 2 heterocycles. The van der Waals surface area contributed by atoms with Gasteiger partial charge >= 0.3 is 12.1 Å². The summed E-state index contributed by atoms with van der Waals surface area (Å²) in [7, 11) is 1.69. The van der Waals surface area contributed by atoms with Gasteiger partial charge in [-0.05, 0) is 63.9 Å². The lowest BCUT2D eigenvalue weighted by Crippen LogP contribution is -2.59. The van der Waals surface area contributed by atoms with Gasteiger partial charge in [-0.3, -0.25) is 9.59 Å². The number of likely N-dealkylation sites (tertiary alicyclic amines) is 2. The van der Waals surface area contributed by atoms with Crippen LogP contribution < -0.4 is 20.9 Å². The van der Waals surface area contributed by atoms with Crippen LogP contribution in [-0.4, -0.2) is 90.2 Å². The molecule has 0 aliphatic carbocycles. The van der Waals surface area contributed by atoms with E-state index in [9.17, 15) is 19.2 Å². The maximum atomic E-state index is 14.3. The Morgan fingerprint density at radius 1 is 0.886 bits per heavy atom. The highest BCUT2D eigenvalue weighted by molar-refractivity contribution is 5.96. The molecule has 44 heavy (non-hydrogen) atoms. The number of carbonyl (C=O) groups is 4. The molecule has 4 rings (SSSR count). The van der Waals surface area contributed by atoms with Crippen LogP contribution >= 0.6 is 0 Å².